The fourth-order valence-corrected chi connectivity index (χ4v) is 2.89. The van der Waals surface area contributed by atoms with Crippen molar-refractivity contribution in [3.05, 3.63) is 30.3 Å². The normalized spacial score (nSPS) is 12.2. The molecule has 0 amide bonds. The van der Waals surface area contributed by atoms with Gasteiger partial charge in [0, 0.05) is 0 Å². The molecule has 0 aliphatic carbocycles. The molecule has 15 heavy (non-hydrogen) atoms. The summed E-state index contributed by atoms with van der Waals surface area (Å²) in [4.78, 5) is 0. The van der Waals surface area contributed by atoms with E-state index < -0.39 is 7.36 Å². The van der Waals surface area contributed by atoms with Crippen LogP contribution in [0.25, 0.3) is 0 Å². The maximum Gasteiger partial charge on any atom is 0.0988 e. The van der Waals surface area contributed by atoms with Crippen molar-refractivity contribution >= 4 is 13.0 Å². The van der Waals surface area contributed by atoms with E-state index in [0.717, 1.165) is 5.69 Å². The first-order valence-corrected chi connectivity index (χ1v) is 7.06. The van der Waals surface area contributed by atoms with Crippen LogP contribution in [0.15, 0.2) is 35.1 Å². The summed E-state index contributed by atoms with van der Waals surface area (Å²) in [5.74, 6) is 0. The van der Waals surface area contributed by atoms with Crippen LogP contribution in [0.4, 0.5) is 5.69 Å². The van der Waals surface area contributed by atoms with E-state index in [2.05, 4.69) is 44.2 Å². The van der Waals surface area contributed by atoms with Gasteiger partial charge in [-0.1, -0.05) is 18.2 Å². The fourth-order valence-electron chi connectivity index (χ4n) is 1.25. The zero-order valence-electron chi connectivity index (χ0n) is 10.2. The molecule has 0 radical (unpaired) electrons. The van der Waals surface area contributed by atoms with Gasteiger partial charge in [-0.15, -0.1) is 0 Å². The maximum absolute atomic E-state index is 4.85. The van der Waals surface area contributed by atoms with Crippen LogP contribution in [0.5, 0.6) is 0 Å². The molecule has 0 aliphatic rings. The van der Waals surface area contributed by atoms with Gasteiger partial charge in [-0.25, -0.2) is 4.74 Å². The standard InChI is InChI=1S/C11H20N3P/c1-13(2)15(5,14(3)4)12-11-9-7-6-8-10-11/h6-10H,1-5H3. The molecule has 0 saturated heterocycles. The maximum atomic E-state index is 4.85. The molecule has 0 aliphatic heterocycles. The second kappa shape index (κ2) is 4.93. The average molecular weight is 225 g/mol. The molecule has 0 N–H and O–H groups in total. The summed E-state index contributed by atoms with van der Waals surface area (Å²) in [5.41, 5.74) is 1.05. The molecule has 84 valence electrons. The number of benzene rings is 1. The zero-order valence-corrected chi connectivity index (χ0v) is 11.1. The molecule has 0 saturated carbocycles. The Labute approximate surface area is 92.9 Å². The summed E-state index contributed by atoms with van der Waals surface area (Å²) >= 11 is 0. The van der Waals surface area contributed by atoms with Crippen molar-refractivity contribution < 1.29 is 0 Å². The molecule has 1 aromatic carbocycles. The molecule has 0 unspecified atom stereocenters. The third-order valence-corrected chi connectivity index (χ3v) is 6.22. The highest BCUT2D eigenvalue weighted by Crippen LogP contribution is 2.51. The van der Waals surface area contributed by atoms with Gasteiger partial charge in [0.1, 0.15) is 0 Å². The molecule has 0 fully saturated rings. The van der Waals surface area contributed by atoms with Crippen LogP contribution < -0.4 is 0 Å². The number of hydrogen-bond acceptors (Lipinski definition) is 1. The van der Waals surface area contributed by atoms with Crippen LogP contribution in [0.1, 0.15) is 0 Å². The minimum atomic E-state index is -1.54. The zero-order chi connectivity index (χ0) is 11.5. The molecule has 0 aromatic heterocycles. The van der Waals surface area contributed by atoms with Gasteiger partial charge in [0.05, 0.1) is 13.0 Å². The first-order chi connectivity index (χ1) is 6.97. The van der Waals surface area contributed by atoms with Gasteiger partial charge in [-0.2, -0.15) is 0 Å². The Bertz CT molecular complexity index is 345. The van der Waals surface area contributed by atoms with Crippen LogP contribution in [0.2, 0.25) is 0 Å². The summed E-state index contributed by atoms with van der Waals surface area (Å²) in [6.07, 6.45) is 0. The molecular weight excluding hydrogens is 205 g/mol. The molecule has 0 spiro atoms. The summed E-state index contributed by atoms with van der Waals surface area (Å²) in [6.45, 7) is 2.21. The molecule has 0 heterocycles. The van der Waals surface area contributed by atoms with E-state index in [-0.39, 0.29) is 0 Å². The lowest BCUT2D eigenvalue weighted by atomic mass is 10.3. The van der Waals surface area contributed by atoms with Gasteiger partial charge < -0.3 is 0 Å². The SMILES string of the molecule is CN(C)P(C)(=Nc1ccccc1)N(C)C. The van der Waals surface area contributed by atoms with Gasteiger partial charge in [0.2, 0.25) is 0 Å². The first-order valence-electron chi connectivity index (χ1n) is 4.97. The van der Waals surface area contributed by atoms with E-state index in [9.17, 15) is 0 Å². The van der Waals surface area contributed by atoms with E-state index in [1.54, 1.807) is 0 Å². The number of nitrogens with zero attached hydrogens (tertiary/aromatic N) is 3. The van der Waals surface area contributed by atoms with Crippen LogP contribution >= 0.6 is 7.36 Å². The second-order valence-electron chi connectivity index (χ2n) is 4.00. The minimum absolute atomic E-state index is 1.05. The van der Waals surface area contributed by atoms with Gasteiger partial charge in [0.15, 0.2) is 0 Å². The average Bonchev–Trinajstić information content (AvgIpc) is 2.18. The molecule has 0 atom stereocenters. The summed E-state index contributed by atoms with van der Waals surface area (Å²) in [7, 11) is 6.79. The smallest absolute Gasteiger partial charge is 0.0988 e. The highest BCUT2D eigenvalue weighted by atomic mass is 31.2. The first kappa shape index (κ1) is 12.4. The molecule has 3 nitrogen and oxygen atoms in total. The number of hydrogen-bond donors (Lipinski definition) is 0. The predicted octanol–water partition coefficient (Wildman–Crippen LogP) is 3.10. The molecule has 1 aromatic rings. The van der Waals surface area contributed by atoms with Gasteiger partial charge in [-0.3, -0.25) is 9.34 Å². The summed E-state index contributed by atoms with van der Waals surface area (Å²) < 4.78 is 9.27. The Hall–Kier alpha value is -0.630. The monoisotopic (exact) mass is 225 g/mol. The quantitative estimate of drug-likeness (QED) is 0.736. The third kappa shape index (κ3) is 2.91. The van der Waals surface area contributed by atoms with Crippen molar-refractivity contribution in [2.24, 2.45) is 4.74 Å². The van der Waals surface area contributed by atoms with E-state index in [4.69, 9.17) is 4.74 Å². The van der Waals surface area contributed by atoms with Crippen LogP contribution in [0.3, 0.4) is 0 Å². The van der Waals surface area contributed by atoms with Gasteiger partial charge in [-0.05, 0) is 47.0 Å². The second-order valence-corrected chi connectivity index (χ2v) is 7.53. The van der Waals surface area contributed by atoms with E-state index in [0.29, 0.717) is 0 Å². The lowest BCUT2D eigenvalue weighted by Crippen LogP contribution is -2.19. The Morgan fingerprint density at radius 3 is 1.80 bits per heavy atom. The van der Waals surface area contributed by atoms with E-state index in [1.165, 1.54) is 0 Å². The summed E-state index contributed by atoms with van der Waals surface area (Å²) in [5, 5.41) is 0. The molecule has 0 bridgehead atoms. The Kier molecular flexibility index (Phi) is 4.09. The van der Waals surface area contributed by atoms with Crippen molar-refractivity contribution in [3.63, 3.8) is 0 Å². The molecule has 4 heteroatoms. The van der Waals surface area contributed by atoms with Crippen molar-refractivity contribution in [3.8, 4) is 0 Å². The van der Waals surface area contributed by atoms with Crippen molar-refractivity contribution in [2.45, 2.75) is 0 Å². The highest BCUT2D eigenvalue weighted by molar-refractivity contribution is 7.60. The van der Waals surface area contributed by atoms with Crippen molar-refractivity contribution in [1.29, 1.82) is 0 Å². The van der Waals surface area contributed by atoms with Crippen LogP contribution in [0, 0.1) is 0 Å². The third-order valence-electron chi connectivity index (χ3n) is 2.58. The lowest BCUT2D eigenvalue weighted by molar-refractivity contribution is 0.566. The Morgan fingerprint density at radius 2 is 1.40 bits per heavy atom. The van der Waals surface area contributed by atoms with Crippen LogP contribution in [-0.2, 0) is 0 Å². The van der Waals surface area contributed by atoms with E-state index in [1.807, 2.05) is 30.3 Å². The van der Waals surface area contributed by atoms with Crippen molar-refractivity contribution in [1.82, 2.24) is 9.34 Å². The van der Waals surface area contributed by atoms with Gasteiger partial charge in [0.25, 0.3) is 0 Å². The lowest BCUT2D eigenvalue weighted by Gasteiger charge is -2.33. The molecule has 1 rings (SSSR count). The Morgan fingerprint density at radius 1 is 0.933 bits per heavy atom. The van der Waals surface area contributed by atoms with Crippen molar-refractivity contribution in [2.75, 3.05) is 34.9 Å². The van der Waals surface area contributed by atoms with Crippen LogP contribution in [-0.4, -0.2) is 44.2 Å². The summed E-state index contributed by atoms with van der Waals surface area (Å²) in [6, 6.07) is 10.2. The molecular formula is C11H20N3P. The minimum Gasteiger partial charge on any atom is -0.264 e. The fraction of sp³-hybridized carbons (Fsp3) is 0.455. The largest absolute Gasteiger partial charge is 0.264 e. The van der Waals surface area contributed by atoms with Gasteiger partial charge >= 0.3 is 0 Å². The Balaban J connectivity index is 3.16. The number of rotatable bonds is 3. The van der Waals surface area contributed by atoms with E-state index >= 15 is 0 Å². The highest BCUT2D eigenvalue weighted by Gasteiger charge is 2.18. The predicted molar refractivity (Wildman–Crippen MR) is 68.7 cm³/mol. The topological polar surface area (TPSA) is 18.8 Å².